The van der Waals surface area contributed by atoms with Gasteiger partial charge in [-0.1, -0.05) is 12.1 Å². The second-order valence-corrected chi connectivity index (χ2v) is 7.87. The van der Waals surface area contributed by atoms with Crippen LogP contribution in [0.3, 0.4) is 0 Å². The molecule has 0 aliphatic rings. The third kappa shape index (κ3) is 4.28. The number of nitrogens with one attached hydrogen (secondary N) is 1. The maximum atomic E-state index is 12.0. The maximum absolute atomic E-state index is 12.0. The normalized spacial score (nSPS) is 12.7. The largest absolute Gasteiger partial charge is 0.392 e. The molecule has 0 saturated carbocycles. The summed E-state index contributed by atoms with van der Waals surface area (Å²) in [6.07, 6.45) is 1.95. The third-order valence-corrected chi connectivity index (χ3v) is 5.32. The Balaban J connectivity index is 2.80. The number of thioether (sulfide) groups is 1. The van der Waals surface area contributed by atoms with E-state index in [1.54, 1.807) is 23.9 Å². The lowest BCUT2D eigenvalue weighted by molar-refractivity contribution is 0.282. The molecule has 0 fully saturated rings. The Hall–Kier alpha value is -0.560. The second-order valence-electron chi connectivity index (χ2n) is 4.59. The lowest BCUT2D eigenvalue weighted by Crippen LogP contribution is -2.36. The Labute approximate surface area is 113 Å². The standard InChI is InChI=1S/C12H19NO3S2/c1-12(2,17-3)9-13-18(15,16)11-6-4-10(8-14)5-7-11/h4-7,13-14H,8-9H2,1-3H3. The van der Waals surface area contributed by atoms with E-state index in [0.717, 1.165) is 0 Å². The zero-order chi connectivity index (χ0) is 13.8. The molecule has 1 rings (SSSR count). The molecule has 0 amide bonds. The van der Waals surface area contributed by atoms with Crippen LogP contribution in [0.25, 0.3) is 0 Å². The van der Waals surface area contributed by atoms with Gasteiger partial charge in [0.1, 0.15) is 0 Å². The maximum Gasteiger partial charge on any atom is 0.240 e. The van der Waals surface area contributed by atoms with Crippen molar-refractivity contribution in [2.75, 3.05) is 12.8 Å². The number of hydrogen-bond donors (Lipinski definition) is 2. The van der Waals surface area contributed by atoms with Crippen LogP contribution in [0.5, 0.6) is 0 Å². The van der Waals surface area contributed by atoms with E-state index in [4.69, 9.17) is 5.11 Å². The summed E-state index contributed by atoms with van der Waals surface area (Å²) in [5.41, 5.74) is 0.693. The summed E-state index contributed by atoms with van der Waals surface area (Å²) >= 11 is 1.61. The van der Waals surface area contributed by atoms with E-state index in [2.05, 4.69) is 4.72 Å². The highest BCUT2D eigenvalue weighted by atomic mass is 32.2. The minimum absolute atomic E-state index is 0.0900. The molecule has 0 saturated heterocycles. The molecule has 1 aromatic rings. The van der Waals surface area contributed by atoms with Gasteiger partial charge < -0.3 is 5.11 Å². The first kappa shape index (κ1) is 15.5. The number of aliphatic hydroxyl groups is 1. The van der Waals surface area contributed by atoms with Crippen molar-refractivity contribution in [1.82, 2.24) is 4.72 Å². The average molecular weight is 289 g/mol. The van der Waals surface area contributed by atoms with Gasteiger partial charge in [-0.15, -0.1) is 0 Å². The molecule has 2 N–H and O–H groups in total. The molecule has 0 atom stereocenters. The van der Waals surface area contributed by atoms with Crippen molar-refractivity contribution >= 4 is 21.8 Å². The van der Waals surface area contributed by atoms with Gasteiger partial charge in [-0.3, -0.25) is 0 Å². The minimum Gasteiger partial charge on any atom is -0.392 e. The Kier molecular flexibility index (Phi) is 5.21. The SMILES string of the molecule is CSC(C)(C)CNS(=O)(=O)c1ccc(CO)cc1. The number of sulfonamides is 1. The molecule has 0 spiro atoms. The van der Waals surface area contributed by atoms with Gasteiger partial charge in [0.15, 0.2) is 0 Å². The molecule has 102 valence electrons. The monoisotopic (exact) mass is 289 g/mol. The zero-order valence-electron chi connectivity index (χ0n) is 10.8. The Morgan fingerprint density at radius 2 is 1.83 bits per heavy atom. The number of rotatable bonds is 6. The van der Waals surface area contributed by atoms with E-state index >= 15 is 0 Å². The van der Waals surface area contributed by atoms with E-state index in [9.17, 15) is 8.42 Å². The number of aliphatic hydroxyl groups excluding tert-OH is 1. The fraction of sp³-hybridized carbons (Fsp3) is 0.500. The molecule has 4 nitrogen and oxygen atoms in total. The van der Waals surface area contributed by atoms with Gasteiger partial charge in [0, 0.05) is 11.3 Å². The summed E-state index contributed by atoms with van der Waals surface area (Å²) in [6.45, 7) is 4.25. The van der Waals surface area contributed by atoms with Crippen molar-refractivity contribution in [2.24, 2.45) is 0 Å². The summed E-state index contributed by atoms with van der Waals surface area (Å²) in [5, 5.41) is 8.91. The molecule has 0 aromatic heterocycles. The third-order valence-electron chi connectivity index (χ3n) is 2.66. The van der Waals surface area contributed by atoms with Gasteiger partial charge in [-0.2, -0.15) is 11.8 Å². The average Bonchev–Trinajstić information content (AvgIpc) is 2.37. The molecule has 0 radical (unpaired) electrons. The second kappa shape index (κ2) is 6.06. The zero-order valence-corrected chi connectivity index (χ0v) is 12.4. The molecule has 0 heterocycles. The van der Waals surface area contributed by atoms with Crippen LogP contribution in [0.2, 0.25) is 0 Å². The summed E-state index contributed by atoms with van der Waals surface area (Å²) in [5.74, 6) is 0. The van der Waals surface area contributed by atoms with Crippen LogP contribution in [0.4, 0.5) is 0 Å². The van der Waals surface area contributed by atoms with Gasteiger partial charge in [0.05, 0.1) is 11.5 Å². The lowest BCUT2D eigenvalue weighted by atomic mass is 10.2. The van der Waals surface area contributed by atoms with Crippen molar-refractivity contribution in [3.63, 3.8) is 0 Å². The molecule has 1 aromatic carbocycles. The van der Waals surface area contributed by atoms with Crippen LogP contribution in [0.1, 0.15) is 19.4 Å². The molecular weight excluding hydrogens is 270 g/mol. The van der Waals surface area contributed by atoms with Crippen molar-refractivity contribution < 1.29 is 13.5 Å². The molecule has 0 bridgehead atoms. The van der Waals surface area contributed by atoms with Crippen molar-refractivity contribution in [3.8, 4) is 0 Å². The predicted molar refractivity (Wildman–Crippen MR) is 75.1 cm³/mol. The Morgan fingerprint density at radius 1 is 1.28 bits per heavy atom. The van der Waals surface area contributed by atoms with E-state index in [0.29, 0.717) is 12.1 Å². The van der Waals surface area contributed by atoms with E-state index in [1.165, 1.54) is 12.1 Å². The Bertz CT molecular complexity index is 481. The van der Waals surface area contributed by atoms with E-state index in [1.807, 2.05) is 20.1 Å². The van der Waals surface area contributed by atoms with Gasteiger partial charge in [0.25, 0.3) is 0 Å². The molecular formula is C12H19NO3S2. The van der Waals surface area contributed by atoms with Gasteiger partial charge in [0.2, 0.25) is 10.0 Å². The first-order valence-electron chi connectivity index (χ1n) is 5.55. The molecule has 18 heavy (non-hydrogen) atoms. The topological polar surface area (TPSA) is 66.4 Å². The van der Waals surface area contributed by atoms with Crippen LogP contribution in [-0.4, -0.2) is 31.1 Å². The fourth-order valence-electron chi connectivity index (χ4n) is 1.20. The summed E-state index contributed by atoms with van der Waals surface area (Å²) in [7, 11) is -3.47. The number of hydrogen-bond acceptors (Lipinski definition) is 4. The summed E-state index contributed by atoms with van der Waals surface area (Å²) in [6, 6.07) is 6.21. The Morgan fingerprint density at radius 3 is 2.28 bits per heavy atom. The molecule has 0 aliphatic heterocycles. The smallest absolute Gasteiger partial charge is 0.240 e. The minimum atomic E-state index is -3.47. The quantitative estimate of drug-likeness (QED) is 0.835. The highest BCUT2D eigenvalue weighted by molar-refractivity contribution is 8.00. The van der Waals surface area contributed by atoms with Crippen LogP contribution >= 0.6 is 11.8 Å². The highest BCUT2D eigenvalue weighted by Crippen LogP contribution is 2.20. The molecule has 6 heteroatoms. The lowest BCUT2D eigenvalue weighted by Gasteiger charge is -2.22. The fourth-order valence-corrected chi connectivity index (χ4v) is 2.72. The first-order valence-corrected chi connectivity index (χ1v) is 8.26. The van der Waals surface area contributed by atoms with Crippen LogP contribution in [0, 0.1) is 0 Å². The van der Waals surface area contributed by atoms with Crippen LogP contribution in [-0.2, 0) is 16.6 Å². The van der Waals surface area contributed by atoms with Crippen molar-refractivity contribution in [1.29, 1.82) is 0 Å². The molecule has 0 aliphatic carbocycles. The summed E-state index contributed by atoms with van der Waals surface area (Å²) in [4.78, 5) is 0.219. The van der Waals surface area contributed by atoms with Gasteiger partial charge in [-0.05, 0) is 37.8 Å². The van der Waals surface area contributed by atoms with Crippen LogP contribution in [0.15, 0.2) is 29.2 Å². The number of benzene rings is 1. The van der Waals surface area contributed by atoms with Crippen molar-refractivity contribution in [3.05, 3.63) is 29.8 Å². The first-order chi connectivity index (χ1) is 8.30. The van der Waals surface area contributed by atoms with E-state index < -0.39 is 10.0 Å². The predicted octanol–water partition coefficient (Wildman–Crippen LogP) is 1.60. The highest BCUT2D eigenvalue weighted by Gasteiger charge is 2.21. The van der Waals surface area contributed by atoms with Gasteiger partial charge >= 0.3 is 0 Å². The van der Waals surface area contributed by atoms with E-state index in [-0.39, 0.29) is 16.2 Å². The molecule has 0 unspecified atom stereocenters. The van der Waals surface area contributed by atoms with Crippen molar-refractivity contribution in [2.45, 2.75) is 30.1 Å². The van der Waals surface area contributed by atoms with Crippen LogP contribution < -0.4 is 4.72 Å². The van der Waals surface area contributed by atoms with Gasteiger partial charge in [-0.25, -0.2) is 13.1 Å². The summed E-state index contributed by atoms with van der Waals surface area (Å²) < 4.78 is 26.5.